The quantitative estimate of drug-likeness (QED) is 0.662. The van der Waals surface area contributed by atoms with Gasteiger partial charge in [0, 0.05) is 5.56 Å². The molecule has 0 aliphatic carbocycles. The summed E-state index contributed by atoms with van der Waals surface area (Å²) >= 11 is 0. The second-order valence-electron chi connectivity index (χ2n) is 5.73. The van der Waals surface area contributed by atoms with Crippen LogP contribution in [0.3, 0.4) is 0 Å². The molecule has 23 heavy (non-hydrogen) atoms. The predicted octanol–water partition coefficient (Wildman–Crippen LogP) is 1.26. The molecule has 1 heterocycles. The molecule has 0 radical (unpaired) electrons. The van der Waals surface area contributed by atoms with Crippen LogP contribution in [0, 0.1) is 13.8 Å². The van der Waals surface area contributed by atoms with Crippen molar-refractivity contribution < 1.29 is 19.8 Å². The monoisotopic (exact) mass is 317 g/mol. The number of carboxylic acids is 1. The fourth-order valence-corrected chi connectivity index (χ4v) is 1.91. The van der Waals surface area contributed by atoms with Crippen molar-refractivity contribution in [3.8, 4) is 11.3 Å². The summed E-state index contributed by atoms with van der Waals surface area (Å²) in [6, 6.07) is 7.44. The topological polar surface area (TPSA) is 115 Å². The van der Waals surface area contributed by atoms with Crippen molar-refractivity contribution in [2.75, 3.05) is 6.54 Å². The second-order valence-corrected chi connectivity index (χ2v) is 5.73. The van der Waals surface area contributed by atoms with Crippen LogP contribution in [-0.4, -0.2) is 44.4 Å². The van der Waals surface area contributed by atoms with Gasteiger partial charge in [0.2, 0.25) is 0 Å². The summed E-state index contributed by atoms with van der Waals surface area (Å²) in [5, 5.41) is 27.5. The van der Waals surface area contributed by atoms with Crippen LogP contribution in [0.4, 0.5) is 0 Å². The average Bonchev–Trinajstić information content (AvgIpc) is 2.97. The van der Waals surface area contributed by atoms with Crippen LogP contribution in [0.2, 0.25) is 0 Å². The highest BCUT2D eigenvalue weighted by Crippen LogP contribution is 2.20. The molecule has 4 N–H and O–H groups in total. The van der Waals surface area contributed by atoms with E-state index in [9.17, 15) is 14.7 Å². The third-order valence-electron chi connectivity index (χ3n) is 3.68. The summed E-state index contributed by atoms with van der Waals surface area (Å²) in [5.41, 5.74) is 1.95. The number of H-pyrrole nitrogens is 1. The standard InChI is InChI=1S/C16H19N3O4/c1-9-4-5-11(6-10(9)2)12-7-13(19-18-12)14(20)17-8-16(3,23)15(21)22/h4-7,23H,8H2,1-3H3,(H,17,20)(H,18,19)(H,21,22). The minimum absolute atomic E-state index is 0.194. The number of benzene rings is 1. The Hall–Kier alpha value is -2.67. The SMILES string of the molecule is Cc1ccc(-c2cc(C(=O)NCC(C)(O)C(=O)O)[nH]n2)cc1C. The van der Waals surface area contributed by atoms with Crippen LogP contribution in [0.1, 0.15) is 28.5 Å². The Morgan fingerprint density at radius 1 is 1.26 bits per heavy atom. The smallest absolute Gasteiger partial charge is 0.337 e. The number of aromatic amines is 1. The minimum atomic E-state index is -2.02. The molecule has 0 aliphatic rings. The van der Waals surface area contributed by atoms with E-state index in [1.807, 2.05) is 32.0 Å². The number of carboxylic acid groups (broad SMARTS) is 1. The maximum atomic E-state index is 12.0. The lowest BCUT2D eigenvalue weighted by Gasteiger charge is -2.17. The molecule has 1 unspecified atom stereocenters. The molecule has 0 spiro atoms. The average molecular weight is 317 g/mol. The van der Waals surface area contributed by atoms with Gasteiger partial charge in [0.05, 0.1) is 12.2 Å². The van der Waals surface area contributed by atoms with Crippen LogP contribution in [0.15, 0.2) is 24.3 Å². The summed E-state index contributed by atoms with van der Waals surface area (Å²) in [4.78, 5) is 22.8. The van der Waals surface area contributed by atoms with Gasteiger partial charge in [-0.3, -0.25) is 9.89 Å². The van der Waals surface area contributed by atoms with E-state index >= 15 is 0 Å². The van der Waals surface area contributed by atoms with E-state index in [1.165, 1.54) is 0 Å². The molecule has 2 aromatic rings. The molecular formula is C16H19N3O4. The Labute approximate surface area is 133 Å². The highest BCUT2D eigenvalue weighted by atomic mass is 16.4. The number of nitrogens with one attached hydrogen (secondary N) is 2. The number of hydrogen-bond acceptors (Lipinski definition) is 4. The van der Waals surface area contributed by atoms with Crippen LogP contribution in [0.25, 0.3) is 11.3 Å². The van der Waals surface area contributed by atoms with E-state index in [2.05, 4.69) is 15.5 Å². The summed E-state index contributed by atoms with van der Waals surface area (Å²) in [7, 11) is 0. The second kappa shape index (κ2) is 6.21. The van der Waals surface area contributed by atoms with Crippen molar-refractivity contribution in [3.63, 3.8) is 0 Å². The van der Waals surface area contributed by atoms with E-state index in [1.54, 1.807) is 6.07 Å². The fraction of sp³-hybridized carbons (Fsp3) is 0.312. The lowest BCUT2D eigenvalue weighted by Crippen LogP contribution is -2.46. The number of rotatable bonds is 5. The van der Waals surface area contributed by atoms with E-state index in [-0.39, 0.29) is 5.69 Å². The number of amides is 1. The first-order valence-electron chi connectivity index (χ1n) is 7.08. The summed E-state index contributed by atoms with van der Waals surface area (Å²) in [6.07, 6.45) is 0. The van der Waals surface area contributed by atoms with E-state index in [0.29, 0.717) is 5.69 Å². The highest BCUT2D eigenvalue weighted by Gasteiger charge is 2.30. The molecule has 1 atom stereocenters. The van der Waals surface area contributed by atoms with E-state index < -0.39 is 24.0 Å². The van der Waals surface area contributed by atoms with Gasteiger partial charge in [0.15, 0.2) is 5.60 Å². The molecule has 0 bridgehead atoms. The molecule has 1 amide bonds. The Morgan fingerprint density at radius 2 is 1.96 bits per heavy atom. The molecule has 0 saturated carbocycles. The lowest BCUT2D eigenvalue weighted by atomic mass is 10.0. The van der Waals surface area contributed by atoms with Gasteiger partial charge in [-0.25, -0.2) is 4.79 Å². The van der Waals surface area contributed by atoms with Crippen molar-refractivity contribution in [2.24, 2.45) is 0 Å². The van der Waals surface area contributed by atoms with Gasteiger partial charge in [-0.05, 0) is 44.0 Å². The molecule has 0 aliphatic heterocycles. The highest BCUT2D eigenvalue weighted by molar-refractivity contribution is 5.93. The number of aromatic nitrogens is 2. The third-order valence-corrected chi connectivity index (χ3v) is 3.68. The number of aryl methyl sites for hydroxylation is 2. The molecule has 0 saturated heterocycles. The predicted molar refractivity (Wildman–Crippen MR) is 84.1 cm³/mol. The Kier molecular flexibility index (Phi) is 4.51. The van der Waals surface area contributed by atoms with Gasteiger partial charge in [-0.1, -0.05) is 12.1 Å². The Balaban J connectivity index is 2.11. The van der Waals surface area contributed by atoms with Gasteiger partial charge < -0.3 is 15.5 Å². The number of hydrogen-bond donors (Lipinski definition) is 4. The van der Waals surface area contributed by atoms with Gasteiger partial charge in [-0.15, -0.1) is 0 Å². The molecule has 7 nitrogen and oxygen atoms in total. The number of carbonyl (C=O) groups excluding carboxylic acids is 1. The van der Waals surface area contributed by atoms with Crippen LogP contribution in [-0.2, 0) is 4.79 Å². The third kappa shape index (κ3) is 3.75. The molecule has 1 aromatic carbocycles. The largest absolute Gasteiger partial charge is 0.479 e. The van der Waals surface area contributed by atoms with E-state index in [4.69, 9.17) is 5.11 Å². The van der Waals surface area contributed by atoms with Crippen molar-refractivity contribution in [2.45, 2.75) is 26.4 Å². The van der Waals surface area contributed by atoms with Gasteiger partial charge in [-0.2, -0.15) is 5.10 Å². The zero-order valence-corrected chi connectivity index (χ0v) is 13.2. The van der Waals surface area contributed by atoms with Crippen LogP contribution < -0.4 is 5.32 Å². The first-order chi connectivity index (χ1) is 10.7. The van der Waals surface area contributed by atoms with Crippen molar-refractivity contribution in [1.82, 2.24) is 15.5 Å². The molecule has 0 fully saturated rings. The molecular weight excluding hydrogens is 298 g/mol. The summed E-state index contributed by atoms with van der Waals surface area (Å²) in [5.74, 6) is -1.94. The lowest BCUT2D eigenvalue weighted by molar-refractivity contribution is -0.155. The number of aliphatic hydroxyl groups is 1. The van der Waals surface area contributed by atoms with Crippen LogP contribution >= 0.6 is 0 Å². The maximum absolute atomic E-state index is 12.0. The fourth-order valence-electron chi connectivity index (χ4n) is 1.91. The summed E-state index contributed by atoms with van der Waals surface area (Å²) in [6.45, 7) is 4.71. The zero-order chi connectivity index (χ0) is 17.2. The Bertz CT molecular complexity index is 750. The number of carbonyl (C=O) groups is 2. The van der Waals surface area contributed by atoms with Crippen LogP contribution in [0.5, 0.6) is 0 Å². The van der Waals surface area contributed by atoms with Crippen molar-refractivity contribution >= 4 is 11.9 Å². The Morgan fingerprint density at radius 3 is 2.57 bits per heavy atom. The van der Waals surface area contributed by atoms with Crippen molar-refractivity contribution in [3.05, 3.63) is 41.1 Å². The number of aliphatic carboxylic acids is 1. The normalized spacial score (nSPS) is 13.4. The molecule has 7 heteroatoms. The maximum Gasteiger partial charge on any atom is 0.337 e. The van der Waals surface area contributed by atoms with Gasteiger partial charge in [0.25, 0.3) is 5.91 Å². The summed E-state index contributed by atoms with van der Waals surface area (Å²) < 4.78 is 0. The first kappa shape index (κ1) is 16.7. The molecule has 2 rings (SSSR count). The minimum Gasteiger partial charge on any atom is -0.479 e. The van der Waals surface area contributed by atoms with E-state index in [0.717, 1.165) is 23.6 Å². The molecule has 122 valence electrons. The van der Waals surface area contributed by atoms with Gasteiger partial charge in [0.1, 0.15) is 5.69 Å². The number of nitrogens with zero attached hydrogens (tertiary/aromatic N) is 1. The zero-order valence-electron chi connectivity index (χ0n) is 13.2. The van der Waals surface area contributed by atoms with Crippen molar-refractivity contribution in [1.29, 1.82) is 0 Å². The first-order valence-corrected chi connectivity index (χ1v) is 7.08. The van der Waals surface area contributed by atoms with Gasteiger partial charge >= 0.3 is 5.97 Å². The molecule has 1 aromatic heterocycles.